The van der Waals surface area contributed by atoms with Gasteiger partial charge in [0.1, 0.15) is 6.04 Å². The molecule has 33 heavy (non-hydrogen) atoms. The molecule has 180 valence electrons. The van der Waals surface area contributed by atoms with Gasteiger partial charge in [0, 0.05) is 19.2 Å². The monoisotopic (exact) mass is 475 g/mol. The van der Waals surface area contributed by atoms with Gasteiger partial charge in [0.25, 0.3) is 0 Å². The van der Waals surface area contributed by atoms with E-state index in [1.54, 1.807) is 25.1 Å². The number of anilines is 1. The molecule has 1 aliphatic rings. The maximum Gasteiger partial charge on any atom is 0.243 e. The number of benzene rings is 2. The molecule has 0 spiro atoms. The van der Waals surface area contributed by atoms with Gasteiger partial charge in [-0.1, -0.05) is 24.3 Å². The summed E-state index contributed by atoms with van der Waals surface area (Å²) in [5, 5.41) is 2.92. The van der Waals surface area contributed by atoms with Crippen LogP contribution in [0.5, 0.6) is 11.5 Å². The Hall–Kier alpha value is -2.78. The molecular formula is C24H33N3O5S. The summed E-state index contributed by atoms with van der Waals surface area (Å²) in [6.45, 7) is 4.93. The number of likely N-dealkylation sites (tertiary alicyclic amines) is 1. The first kappa shape index (κ1) is 24.9. The molecule has 8 nitrogen and oxygen atoms in total. The quantitative estimate of drug-likeness (QED) is 0.569. The third-order valence-electron chi connectivity index (χ3n) is 5.87. The van der Waals surface area contributed by atoms with E-state index < -0.39 is 16.1 Å². The number of nitrogens with zero attached hydrogens (tertiary/aromatic N) is 2. The number of amides is 1. The predicted molar refractivity (Wildman–Crippen MR) is 129 cm³/mol. The highest BCUT2D eigenvalue weighted by atomic mass is 32.2. The Morgan fingerprint density at radius 1 is 1.06 bits per heavy atom. The molecule has 0 saturated carbocycles. The van der Waals surface area contributed by atoms with E-state index in [0.717, 1.165) is 35.8 Å². The van der Waals surface area contributed by atoms with E-state index in [-0.39, 0.29) is 5.91 Å². The molecular weight excluding hydrogens is 442 g/mol. The Labute approximate surface area is 196 Å². The van der Waals surface area contributed by atoms with Crippen molar-refractivity contribution in [2.24, 2.45) is 0 Å². The summed E-state index contributed by atoms with van der Waals surface area (Å²) in [7, 11) is -0.766. The lowest BCUT2D eigenvalue weighted by atomic mass is 10.1. The Balaban J connectivity index is 1.76. The predicted octanol–water partition coefficient (Wildman–Crippen LogP) is 2.77. The fourth-order valence-corrected chi connectivity index (χ4v) is 5.33. The fourth-order valence-electron chi connectivity index (χ4n) is 4.17. The minimum atomic E-state index is -3.74. The van der Waals surface area contributed by atoms with Gasteiger partial charge in [-0.05, 0) is 56.1 Å². The van der Waals surface area contributed by atoms with E-state index in [4.69, 9.17) is 9.47 Å². The third kappa shape index (κ3) is 6.17. The van der Waals surface area contributed by atoms with Gasteiger partial charge >= 0.3 is 0 Å². The molecule has 2 aromatic rings. The Morgan fingerprint density at radius 3 is 2.30 bits per heavy atom. The van der Waals surface area contributed by atoms with Crippen LogP contribution in [0.3, 0.4) is 0 Å². The van der Waals surface area contributed by atoms with Gasteiger partial charge in [0.2, 0.25) is 15.9 Å². The Bertz CT molecular complexity index is 1070. The van der Waals surface area contributed by atoms with Crippen LogP contribution in [0, 0.1) is 0 Å². The lowest BCUT2D eigenvalue weighted by molar-refractivity contribution is -0.122. The molecule has 1 aliphatic heterocycles. The molecule has 9 heteroatoms. The van der Waals surface area contributed by atoms with Crippen molar-refractivity contribution in [3.8, 4) is 11.5 Å². The molecule has 1 atom stereocenters. The van der Waals surface area contributed by atoms with E-state index in [1.165, 1.54) is 32.6 Å². The van der Waals surface area contributed by atoms with E-state index in [0.29, 0.717) is 23.7 Å². The van der Waals surface area contributed by atoms with Crippen molar-refractivity contribution in [1.82, 2.24) is 10.2 Å². The minimum absolute atomic E-state index is 0.326. The van der Waals surface area contributed by atoms with E-state index in [2.05, 4.69) is 16.3 Å². The topological polar surface area (TPSA) is 88.2 Å². The van der Waals surface area contributed by atoms with Crippen molar-refractivity contribution < 1.29 is 22.7 Å². The highest BCUT2D eigenvalue weighted by Crippen LogP contribution is 2.33. The Kier molecular flexibility index (Phi) is 8.20. The molecule has 0 aliphatic carbocycles. The largest absolute Gasteiger partial charge is 0.493 e. The van der Waals surface area contributed by atoms with Crippen LogP contribution in [0.25, 0.3) is 0 Å². The molecule has 2 aromatic carbocycles. The first-order chi connectivity index (χ1) is 15.7. The van der Waals surface area contributed by atoms with Gasteiger partial charge in [0.05, 0.1) is 26.2 Å². The molecule has 0 bridgehead atoms. The molecule has 1 saturated heterocycles. The standard InChI is InChI=1S/C24H33N3O5S/c1-18(27(33(4,29)30)21-11-12-22(31-2)23(15-21)32-3)24(28)25-16-19-9-5-6-10-20(19)17-26-13-7-8-14-26/h5-6,9-12,15,18H,7-8,13-14,16-17H2,1-4H3,(H,25,28). The van der Waals surface area contributed by atoms with E-state index >= 15 is 0 Å². The summed E-state index contributed by atoms with van der Waals surface area (Å²) in [4.78, 5) is 15.4. The van der Waals surface area contributed by atoms with E-state index in [1.807, 2.05) is 18.2 Å². The summed E-state index contributed by atoms with van der Waals surface area (Å²) >= 11 is 0. The van der Waals surface area contributed by atoms with Crippen molar-refractivity contribution in [3.05, 3.63) is 53.6 Å². The second-order valence-corrected chi connectivity index (χ2v) is 10.1. The molecule has 0 aromatic heterocycles. The number of rotatable bonds is 10. The van der Waals surface area contributed by atoms with Gasteiger partial charge in [0.15, 0.2) is 11.5 Å². The van der Waals surface area contributed by atoms with Crippen molar-refractivity contribution >= 4 is 21.6 Å². The highest BCUT2D eigenvalue weighted by Gasteiger charge is 2.30. The maximum atomic E-state index is 13.0. The number of hydrogen-bond acceptors (Lipinski definition) is 6. The number of methoxy groups -OCH3 is 2. The van der Waals surface area contributed by atoms with Crippen LogP contribution >= 0.6 is 0 Å². The zero-order valence-electron chi connectivity index (χ0n) is 19.7. The van der Waals surface area contributed by atoms with E-state index in [9.17, 15) is 13.2 Å². The third-order valence-corrected chi connectivity index (χ3v) is 7.12. The first-order valence-electron chi connectivity index (χ1n) is 11.0. The van der Waals surface area contributed by atoms with Gasteiger partial charge in [-0.2, -0.15) is 0 Å². The van der Waals surface area contributed by atoms with Crippen LogP contribution in [0.4, 0.5) is 5.69 Å². The number of carbonyl (C=O) groups is 1. The summed E-state index contributed by atoms with van der Waals surface area (Å²) in [6.07, 6.45) is 3.51. The zero-order chi connectivity index (χ0) is 24.0. The van der Waals surface area contributed by atoms with Crippen LogP contribution in [0.1, 0.15) is 30.9 Å². The van der Waals surface area contributed by atoms with Crippen molar-refractivity contribution in [2.75, 3.05) is 37.9 Å². The molecule has 3 rings (SSSR count). The SMILES string of the molecule is COc1ccc(N(C(C)C(=O)NCc2ccccc2CN2CCCC2)S(C)(=O)=O)cc1OC. The van der Waals surface area contributed by atoms with Crippen LogP contribution in [0.2, 0.25) is 0 Å². The molecule has 1 unspecified atom stereocenters. The second-order valence-electron chi connectivity index (χ2n) is 8.24. The van der Waals surface area contributed by atoms with Crippen molar-refractivity contribution in [1.29, 1.82) is 0 Å². The molecule has 1 amide bonds. The lowest BCUT2D eigenvalue weighted by Crippen LogP contribution is -2.47. The number of sulfonamides is 1. The highest BCUT2D eigenvalue weighted by molar-refractivity contribution is 7.92. The van der Waals surface area contributed by atoms with Gasteiger partial charge in [-0.15, -0.1) is 0 Å². The van der Waals surface area contributed by atoms with Crippen LogP contribution in [-0.2, 0) is 27.9 Å². The Morgan fingerprint density at radius 2 is 1.70 bits per heavy atom. The van der Waals surface area contributed by atoms with Crippen molar-refractivity contribution in [2.45, 2.75) is 38.9 Å². The maximum absolute atomic E-state index is 13.0. The molecule has 0 radical (unpaired) electrons. The number of ether oxygens (including phenoxy) is 2. The van der Waals surface area contributed by atoms with Gasteiger partial charge in [-0.25, -0.2) is 8.42 Å². The van der Waals surface area contributed by atoms with Gasteiger partial charge < -0.3 is 14.8 Å². The molecule has 1 heterocycles. The minimum Gasteiger partial charge on any atom is -0.493 e. The second kappa shape index (κ2) is 10.9. The van der Waals surface area contributed by atoms with Crippen LogP contribution in [0.15, 0.2) is 42.5 Å². The molecule has 1 fully saturated rings. The number of carbonyl (C=O) groups excluding carboxylic acids is 1. The smallest absolute Gasteiger partial charge is 0.243 e. The molecule has 1 N–H and O–H groups in total. The van der Waals surface area contributed by atoms with Crippen LogP contribution in [-0.4, -0.2) is 58.8 Å². The van der Waals surface area contributed by atoms with Gasteiger partial charge in [-0.3, -0.25) is 14.0 Å². The summed E-state index contributed by atoms with van der Waals surface area (Å²) in [5.41, 5.74) is 2.53. The van der Waals surface area contributed by atoms with Crippen LogP contribution < -0.4 is 19.1 Å². The number of nitrogens with one attached hydrogen (secondary N) is 1. The fraction of sp³-hybridized carbons (Fsp3) is 0.458. The number of hydrogen-bond donors (Lipinski definition) is 1. The van der Waals surface area contributed by atoms with Crippen molar-refractivity contribution in [3.63, 3.8) is 0 Å². The normalized spacial score (nSPS) is 15.2. The lowest BCUT2D eigenvalue weighted by Gasteiger charge is -2.29. The average Bonchev–Trinajstić information content (AvgIpc) is 3.30. The summed E-state index contributed by atoms with van der Waals surface area (Å²) in [5.74, 6) is 0.472. The first-order valence-corrected chi connectivity index (χ1v) is 12.9. The summed E-state index contributed by atoms with van der Waals surface area (Å²) in [6, 6.07) is 11.8. The average molecular weight is 476 g/mol. The summed E-state index contributed by atoms with van der Waals surface area (Å²) < 4.78 is 36.9. The zero-order valence-corrected chi connectivity index (χ0v) is 20.5.